The van der Waals surface area contributed by atoms with Crippen molar-refractivity contribution in [2.45, 2.75) is 39.5 Å². The van der Waals surface area contributed by atoms with Crippen LogP contribution in [0.5, 0.6) is 11.5 Å². The first-order chi connectivity index (χ1) is 8.97. The number of aliphatic hydroxyl groups is 1. The Balaban J connectivity index is 2.84. The van der Waals surface area contributed by atoms with Gasteiger partial charge in [-0.15, -0.1) is 0 Å². The lowest BCUT2D eigenvalue weighted by atomic mass is 10.1. The Hall–Kier alpha value is -1.26. The van der Waals surface area contributed by atoms with Crippen molar-refractivity contribution < 1.29 is 14.6 Å². The predicted octanol–water partition coefficient (Wildman–Crippen LogP) is 2.29. The summed E-state index contributed by atoms with van der Waals surface area (Å²) in [5, 5.41) is 9.55. The topological polar surface area (TPSA) is 41.9 Å². The normalized spacial score (nSPS) is 12.8. The molecule has 0 heterocycles. The van der Waals surface area contributed by atoms with Crippen LogP contribution in [0.2, 0.25) is 0 Å². The fourth-order valence-electron chi connectivity index (χ4n) is 2.01. The highest BCUT2D eigenvalue weighted by Crippen LogP contribution is 2.28. The summed E-state index contributed by atoms with van der Waals surface area (Å²) in [5.41, 5.74) is 1.15. The first kappa shape index (κ1) is 15.8. The molecule has 0 saturated heterocycles. The second-order valence-corrected chi connectivity index (χ2v) is 5.06. The highest BCUT2D eigenvalue weighted by Gasteiger charge is 2.14. The Labute approximate surface area is 115 Å². The standard InChI is InChI=1S/C15H25NO3/c1-11(2)16(9-12(3)17)10-13-6-7-14(18-4)15(8-13)19-5/h6-8,11-12,17H,9-10H2,1-5H3. The molecular weight excluding hydrogens is 242 g/mol. The lowest BCUT2D eigenvalue weighted by molar-refractivity contribution is 0.103. The highest BCUT2D eigenvalue weighted by molar-refractivity contribution is 5.42. The van der Waals surface area contributed by atoms with Gasteiger partial charge in [-0.2, -0.15) is 0 Å². The summed E-state index contributed by atoms with van der Waals surface area (Å²) in [4.78, 5) is 2.23. The van der Waals surface area contributed by atoms with E-state index < -0.39 is 0 Å². The Bertz CT molecular complexity index is 391. The maximum absolute atomic E-state index is 9.55. The molecule has 108 valence electrons. The smallest absolute Gasteiger partial charge is 0.161 e. The van der Waals surface area contributed by atoms with E-state index in [0.29, 0.717) is 12.6 Å². The predicted molar refractivity (Wildman–Crippen MR) is 76.8 cm³/mol. The van der Waals surface area contributed by atoms with Gasteiger partial charge in [-0.3, -0.25) is 4.90 Å². The number of rotatable bonds is 7. The Morgan fingerprint density at radius 3 is 2.21 bits per heavy atom. The van der Waals surface area contributed by atoms with Crippen LogP contribution in [0.4, 0.5) is 0 Å². The molecule has 0 aliphatic heterocycles. The molecule has 1 rings (SSSR count). The second-order valence-electron chi connectivity index (χ2n) is 5.06. The van der Waals surface area contributed by atoms with Crippen molar-refractivity contribution in [2.75, 3.05) is 20.8 Å². The SMILES string of the molecule is COc1ccc(CN(CC(C)O)C(C)C)cc1OC. The fourth-order valence-corrected chi connectivity index (χ4v) is 2.01. The van der Waals surface area contributed by atoms with Crippen LogP contribution >= 0.6 is 0 Å². The number of ether oxygens (including phenoxy) is 2. The van der Waals surface area contributed by atoms with Crippen LogP contribution in [-0.4, -0.2) is 42.9 Å². The molecule has 0 fully saturated rings. The quantitative estimate of drug-likeness (QED) is 0.823. The van der Waals surface area contributed by atoms with E-state index >= 15 is 0 Å². The molecule has 4 heteroatoms. The summed E-state index contributed by atoms with van der Waals surface area (Å²) in [6.45, 7) is 7.51. The number of hydrogen-bond donors (Lipinski definition) is 1. The molecule has 0 saturated carbocycles. The molecular formula is C15H25NO3. The lowest BCUT2D eigenvalue weighted by Gasteiger charge is -2.28. The van der Waals surface area contributed by atoms with Crippen molar-refractivity contribution in [1.82, 2.24) is 4.90 Å². The average molecular weight is 267 g/mol. The van der Waals surface area contributed by atoms with E-state index in [-0.39, 0.29) is 6.10 Å². The second kappa shape index (κ2) is 7.36. The van der Waals surface area contributed by atoms with Gasteiger partial charge < -0.3 is 14.6 Å². The van der Waals surface area contributed by atoms with Crippen LogP contribution in [-0.2, 0) is 6.54 Å². The Morgan fingerprint density at radius 1 is 1.11 bits per heavy atom. The summed E-state index contributed by atoms with van der Waals surface area (Å²) in [5.74, 6) is 1.47. The monoisotopic (exact) mass is 267 g/mol. The highest BCUT2D eigenvalue weighted by atomic mass is 16.5. The third-order valence-corrected chi connectivity index (χ3v) is 3.06. The zero-order valence-corrected chi connectivity index (χ0v) is 12.5. The number of benzene rings is 1. The molecule has 0 aliphatic rings. The van der Waals surface area contributed by atoms with E-state index in [9.17, 15) is 5.11 Å². The number of hydrogen-bond acceptors (Lipinski definition) is 4. The van der Waals surface area contributed by atoms with Gasteiger partial charge in [0.15, 0.2) is 11.5 Å². The molecule has 1 aromatic rings. The molecule has 0 aromatic heterocycles. The maximum Gasteiger partial charge on any atom is 0.161 e. The van der Waals surface area contributed by atoms with Gasteiger partial charge in [0.1, 0.15) is 0 Å². The zero-order chi connectivity index (χ0) is 14.4. The van der Waals surface area contributed by atoms with Crippen LogP contribution in [0.15, 0.2) is 18.2 Å². The number of methoxy groups -OCH3 is 2. The minimum absolute atomic E-state index is 0.331. The van der Waals surface area contributed by atoms with Gasteiger partial charge in [0, 0.05) is 19.1 Å². The van der Waals surface area contributed by atoms with Crippen LogP contribution in [0.3, 0.4) is 0 Å². The van der Waals surface area contributed by atoms with Gasteiger partial charge in [-0.25, -0.2) is 0 Å². The van der Waals surface area contributed by atoms with Crippen molar-refractivity contribution in [2.24, 2.45) is 0 Å². The van der Waals surface area contributed by atoms with Crippen LogP contribution < -0.4 is 9.47 Å². The third kappa shape index (κ3) is 4.73. The zero-order valence-electron chi connectivity index (χ0n) is 12.5. The van der Waals surface area contributed by atoms with Gasteiger partial charge in [0.25, 0.3) is 0 Å². The van der Waals surface area contributed by atoms with Crippen molar-refractivity contribution >= 4 is 0 Å². The Morgan fingerprint density at radius 2 is 1.74 bits per heavy atom. The molecule has 1 atom stereocenters. The molecule has 19 heavy (non-hydrogen) atoms. The summed E-state index contributed by atoms with van der Waals surface area (Å²) >= 11 is 0. The minimum atomic E-state index is -0.331. The summed E-state index contributed by atoms with van der Waals surface area (Å²) in [6.07, 6.45) is -0.331. The summed E-state index contributed by atoms with van der Waals surface area (Å²) in [6, 6.07) is 6.30. The van der Waals surface area contributed by atoms with E-state index in [2.05, 4.69) is 18.7 Å². The lowest BCUT2D eigenvalue weighted by Crippen LogP contribution is -2.36. The summed E-state index contributed by atoms with van der Waals surface area (Å²) < 4.78 is 10.5. The third-order valence-electron chi connectivity index (χ3n) is 3.06. The minimum Gasteiger partial charge on any atom is -0.493 e. The van der Waals surface area contributed by atoms with E-state index in [4.69, 9.17) is 9.47 Å². The molecule has 0 radical (unpaired) electrons. The van der Waals surface area contributed by atoms with Gasteiger partial charge >= 0.3 is 0 Å². The maximum atomic E-state index is 9.55. The molecule has 0 amide bonds. The van der Waals surface area contributed by atoms with Crippen molar-refractivity contribution in [3.8, 4) is 11.5 Å². The van der Waals surface area contributed by atoms with Gasteiger partial charge in [0.2, 0.25) is 0 Å². The summed E-state index contributed by atoms with van der Waals surface area (Å²) in [7, 11) is 3.27. The van der Waals surface area contributed by atoms with Crippen molar-refractivity contribution in [3.05, 3.63) is 23.8 Å². The van der Waals surface area contributed by atoms with E-state index in [0.717, 1.165) is 23.6 Å². The van der Waals surface area contributed by atoms with Gasteiger partial charge in [-0.05, 0) is 38.5 Å². The van der Waals surface area contributed by atoms with Gasteiger partial charge in [0.05, 0.1) is 20.3 Å². The molecule has 1 unspecified atom stereocenters. The van der Waals surface area contributed by atoms with Crippen molar-refractivity contribution in [3.63, 3.8) is 0 Å². The first-order valence-corrected chi connectivity index (χ1v) is 6.61. The van der Waals surface area contributed by atoms with Gasteiger partial charge in [-0.1, -0.05) is 6.07 Å². The molecule has 0 aliphatic carbocycles. The van der Waals surface area contributed by atoms with Crippen LogP contribution in [0.25, 0.3) is 0 Å². The van der Waals surface area contributed by atoms with E-state index in [1.807, 2.05) is 25.1 Å². The Kier molecular flexibility index (Phi) is 6.12. The van der Waals surface area contributed by atoms with E-state index in [1.54, 1.807) is 14.2 Å². The molecule has 4 nitrogen and oxygen atoms in total. The average Bonchev–Trinajstić information content (AvgIpc) is 2.37. The number of aliphatic hydroxyl groups excluding tert-OH is 1. The number of nitrogens with zero attached hydrogens (tertiary/aromatic N) is 1. The van der Waals surface area contributed by atoms with Crippen molar-refractivity contribution in [1.29, 1.82) is 0 Å². The van der Waals surface area contributed by atoms with Crippen LogP contribution in [0, 0.1) is 0 Å². The fraction of sp³-hybridized carbons (Fsp3) is 0.600. The molecule has 1 N–H and O–H groups in total. The molecule has 0 spiro atoms. The van der Waals surface area contributed by atoms with Crippen LogP contribution in [0.1, 0.15) is 26.3 Å². The van der Waals surface area contributed by atoms with E-state index in [1.165, 1.54) is 0 Å². The largest absolute Gasteiger partial charge is 0.493 e. The molecule has 1 aromatic carbocycles. The first-order valence-electron chi connectivity index (χ1n) is 6.61. The molecule has 0 bridgehead atoms.